The van der Waals surface area contributed by atoms with Crippen molar-refractivity contribution in [3.63, 3.8) is 0 Å². The van der Waals surface area contributed by atoms with Crippen molar-refractivity contribution in [1.29, 1.82) is 0 Å². The third kappa shape index (κ3) is 2.67. The van der Waals surface area contributed by atoms with Gasteiger partial charge in [-0.3, -0.25) is 4.79 Å². The van der Waals surface area contributed by atoms with E-state index in [1.807, 2.05) is 29.2 Å². The highest BCUT2D eigenvalue weighted by Gasteiger charge is 2.33. The smallest absolute Gasteiger partial charge is 0.298 e. The molecule has 23 heavy (non-hydrogen) atoms. The molecule has 0 aliphatic carbocycles. The van der Waals surface area contributed by atoms with Crippen LogP contribution in [0.4, 0.5) is 6.01 Å². The molecule has 1 atom stereocenters. The summed E-state index contributed by atoms with van der Waals surface area (Å²) in [5.74, 6) is 0.901. The van der Waals surface area contributed by atoms with E-state index in [1.54, 1.807) is 0 Å². The zero-order valence-corrected chi connectivity index (χ0v) is 13.4. The Morgan fingerprint density at radius 1 is 1.26 bits per heavy atom. The molecule has 6 nitrogen and oxygen atoms in total. The van der Waals surface area contributed by atoms with Crippen LogP contribution in [0.25, 0.3) is 11.1 Å². The molecule has 0 spiro atoms. The first-order valence-corrected chi connectivity index (χ1v) is 8.32. The number of hydrogen-bond donors (Lipinski definition) is 1. The minimum Gasteiger partial charge on any atom is -0.423 e. The van der Waals surface area contributed by atoms with Gasteiger partial charge in [-0.25, -0.2) is 0 Å². The summed E-state index contributed by atoms with van der Waals surface area (Å²) in [6.45, 7) is 7.01. The van der Waals surface area contributed by atoms with Crippen molar-refractivity contribution in [2.75, 3.05) is 44.2 Å². The fourth-order valence-electron chi connectivity index (χ4n) is 3.27. The van der Waals surface area contributed by atoms with Gasteiger partial charge in [0, 0.05) is 32.1 Å². The predicted octanol–water partition coefficient (Wildman–Crippen LogP) is 1.33. The number of fused-ring (bicyclic) bond motifs is 1. The molecule has 4 rings (SSSR count). The minimum atomic E-state index is 0.118. The second-order valence-corrected chi connectivity index (χ2v) is 6.48. The summed E-state index contributed by atoms with van der Waals surface area (Å²) in [6.07, 6.45) is 0. The van der Waals surface area contributed by atoms with Crippen LogP contribution in [0.5, 0.6) is 0 Å². The third-order valence-corrected chi connectivity index (χ3v) is 5.05. The van der Waals surface area contributed by atoms with Crippen LogP contribution >= 0.6 is 0 Å². The van der Waals surface area contributed by atoms with Crippen molar-refractivity contribution in [1.82, 2.24) is 15.2 Å². The summed E-state index contributed by atoms with van der Waals surface area (Å²) in [6, 6.07) is 8.46. The number of nitrogens with zero attached hydrogens (tertiary/aromatic N) is 3. The van der Waals surface area contributed by atoms with E-state index in [1.165, 1.54) is 0 Å². The molecular weight excluding hydrogens is 292 g/mol. The van der Waals surface area contributed by atoms with Crippen LogP contribution in [0.2, 0.25) is 0 Å². The lowest BCUT2D eigenvalue weighted by Gasteiger charge is -2.38. The normalized spacial score (nSPS) is 20.6. The molecule has 2 aromatic rings. The van der Waals surface area contributed by atoms with Gasteiger partial charge in [0.15, 0.2) is 5.58 Å². The number of nitrogens with one attached hydrogen (secondary N) is 1. The molecule has 3 heterocycles. The highest BCUT2D eigenvalue weighted by molar-refractivity contribution is 5.79. The summed E-state index contributed by atoms with van der Waals surface area (Å²) in [5, 5.41) is 3.24. The molecule has 1 amide bonds. The van der Waals surface area contributed by atoms with Crippen LogP contribution in [0.3, 0.4) is 0 Å². The Labute approximate surface area is 135 Å². The minimum absolute atomic E-state index is 0.118. The van der Waals surface area contributed by atoms with Crippen LogP contribution in [0.1, 0.15) is 6.92 Å². The molecule has 2 fully saturated rings. The first-order valence-electron chi connectivity index (χ1n) is 8.32. The van der Waals surface area contributed by atoms with E-state index in [9.17, 15) is 4.79 Å². The Bertz CT molecular complexity index is 668. The zero-order valence-electron chi connectivity index (χ0n) is 13.4. The SMILES string of the molecule is CC(C(=O)N1CCN(c2nc3ccccc3o2)CC1)C1CNC1. The Balaban J connectivity index is 1.39. The fourth-order valence-corrected chi connectivity index (χ4v) is 3.27. The van der Waals surface area contributed by atoms with E-state index < -0.39 is 0 Å². The Hall–Kier alpha value is -2.08. The Morgan fingerprint density at radius 2 is 2.00 bits per heavy atom. The van der Waals surface area contributed by atoms with Crippen molar-refractivity contribution in [3.05, 3.63) is 24.3 Å². The molecular formula is C17H22N4O2. The lowest BCUT2D eigenvalue weighted by Crippen LogP contribution is -2.54. The fraction of sp³-hybridized carbons (Fsp3) is 0.529. The van der Waals surface area contributed by atoms with Crippen LogP contribution in [0.15, 0.2) is 28.7 Å². The third-order valence-electron chi connectivity index (χ3n) is 5.05. The van der Waals surface area contributed by atoms with Crippen LogP contribution < -0.4 is 10.2 Å². The van der Waals surface area contributed by atoms with E-state index in [0.29, 0.717) is 11.9 Å². The van der Waals surface area contributed by atoms with Crippen molar-refractivity contribution in [2.45, 2.75) is 6.92 Å². The number of para-hydroxylation sites is 2. The number of benzene rings is 1. The van der Waals surface area contributed by atoms with Gasteiger partial charge < -0.3 is 19.5 Å². The maximum absolute atomic E-state index is 12.6. The molecule has 1 N–H and O–H groups in total. The van der Waals surface area contributed by atoms with Gasteiger partial charge in [0.05, 0.1) is 0 Å². The zero-order chi connectivity index (χ0) is 15.8. The summed E-state index contributed by atoms with van der Waals surface area (Å²) in [7, 11) is 0. The van der Waals surface area contributed by atoms with E-state index in [0.717, 1.165) is 50.4 Å². The van der Waals surface area contributed by atoms with Crippen LogP contribution in [0, 0.1) is 11.8 Å². The first kappa shape index (κ1) is 14.5. The van der Waals surface area contributed by atoms with Gasteiger partial charge in [-0.2, -0.15) is 4.98 Å². The summed E-state index contributed by atoms with van der Waals surface area (Å²) in [5.41, 5.74) is 1.69. The Kier molecular flexibility index (Phi) is 3.69. The van der Waals surface area contributed by atoms with E-state index in [2.05, 4.69) is 22.1 Å². The molecule has 1 aromatic carbocycles. The highest BCUT2D eigenvalue weighted by atomic mass is 16.4. The number of piperazine rings is 1. The molecule has 2 saturated heterocycles. The molecule has 1 aromatic heterocycles. The lowest BCUT2D eigenvalue weighted by atomic mass is 9.88. The molecule has 0 radical (unpaired) electrons. The second kappa shape index (κ2) is 5.85. The van der Waals surface area contributed by atoms with Gasteiger partial charge in [-0.1, -0.05) is 19.1 Å². The van der Waals surface area contributed by atoms with Gasteiger partial charge in [-0.15, -0.1) is 0 Å². The van der Waals surface area contributed by atoms with Crippen molar-refractivity contribution < 1.29 is 9.21 Å². The molecule has 0 bridgehead atoms. The summed E-state index contributed by atoms with van der Waals surface area (Å²) >= 11 is 0. The number of carbonyl (C=O) groups is 1. The topological polar surface area (TPSA) is 61.6 Å². The quantitative estimate of drug-likeness (QED) is 0.926. The first-order chi connectivity index (χ1) is 11.2. The number of carbonyl (C=O) groups excluding carboxylic acids is 1. The number of rotatable bonds is 3. The lowest BCUT2D eigenvalue weighted by molar-refractivity contribution is -0.137. The van der Waals surface area contributed by atoms with Crippen molar-refractivity contribution in [2.24, 2.45) is 11.8 Å². The maximum atomic E-state index is 12.6. The molecule has 122 valence electrons. The number of oxazole rings is 1. The monoisotopic (exact) mass is 314 g/mol. The summed E-state index contributed by atoms with van der Waals surface area (Å²) in [4.78, 5) is 21.2. The second-order valence-electron chi connectivity index (χ2n) is 6.48. The number of amides is 1. The average molecular weight is 314 g/mol. The average Bonchev–Trinajstić information content (AvgIpc) is 2.96. The Morgan fingerprint density at radius 3 is 2.65 bits per heavy atom. The van der Waals surface area contributed by atoms with Crippen molar-refractivity contribution in [3.8, 4) is 0 Å². The van der Waals surface area contributed by atoms with Gasteiger partial charge in [0.25, 0.3) is 6.01 Å². The molecule has 2 aliphatic rings. The maximum Gasteiger partial charge on any atom is 0.298 e. The number of anilines is 1. The van der Waals surface area contributed by atoms with Crippen LogP contribution in [-0.4, -0.2) is 55.1 Å². The predicted molar refractivity (Wildman–Crippen MR) is 88.3 cm³/mol. The number of hydrogen-bond acceptors (Lipinski definition) is 5. The largest absolute Gasteiger partial charge is 0.423 e. The van der Waals surface area contributed by atoms with Crippen LogP contribution in [-0.2, 0) is 4.79 Å². The van der Waals surface area contributed by atoms with Gasteiger partial charge in [0.2, 0.25) is 5.91 Å². The van der Waals surface area contributed by atoms with E-state index in [-0.39, 0.29) is 11.8 Å². The summed E-state index contributed by atoms with van der Waals surface area (Å²) < 4.78 is 5.82. The molecule has 1 unspecified atom stereocenters. The molecule has 6 heteroatoms. The molecule has 0 saturated carbocycles. The van der Waals surface area contributed by atoms with Gasteiger partial charge >= 0.3 is 0 Å². The van der Waals surface area contributed by atoms with Crippen molar-refractivity contribution >= 4 is 23.0 Å². The van der Waals surface area contributed by atoms with Gasteiger partial charge in [0.1, 0.15) is 5.52 Å². The molecule has 2 aliphatic heterocycles. The van der Waals surface area contributed by atoms with E-state index >= 15 is 0 Å². The standard InChI is InChI=1S/C17H22N4O2/c1-12(13-10-18-11-13)16(22)20-6-8-21(9-7-20)17-19-14-4-2-3-5-15(14)23-17/h2-5,12-13,18H,6-11H2,1H3. The van der Waals surface area contributed by atoms with Gasteiger partial charge in [-0.05, 0) is 31.1 Å². The van der Waals surface area contributed by atoms with E-state index in [4.69, 9.17) is 4.42 Å². The number of aromatic nitrogens is 1. The highest BCUT2D eigenvalue weighted by Crippen LogP contribution is 2.24.